The van der Waals surface area contributed by atoms with Crippen molar-refractivity contribution < 1.29 is 9.53 Å². The van der Waals surface area contributed by atoms with Crippen LogP contribution in [0.3, 0.4) is 0 Å². The van der Waals surface area contributed by atoms with E-state index in [2.05, 4.69) is 10.3 Å². The average Bonchev–Trinajstić information content (AvgIpc) is 3.05. The molecule has 2 aromatic heterocycles. The lowest BCUT2D eigenvalue weighted by atomic mass is 10.3. The van der Waals surface area contributed by atoms with Crippen LogP contribution in [-0.4, -0.2) is 28.6 Å². The van der Waals surface area contributed by atoms with Crippen LogP contribution in [-0.2, 0) is 11.3 Å². The normalized spacial score (nSPS) is 10.7. The Balaban J connectivity index is 1.49. The Morgan fingerprint density at radius 2 is 2.08 bits per heavy atom. The fraction of sp³-hybridized carbons (Fsp3) is 0.188. The summed E-state index contributed by atoms with van der Waals surface area (Å²) < 4.78 is 6.78. The van der Waals surface area contributed by atoms with E-state index in [0.717, 1.165) is 0 Å². The molecule has 2 heterocycles. The van der Waals surface area contributed by atoms with Gasteiger partial charge in [-0.3, -0.25) is 14.2 Å². The third kappa shape index (κ3) is 3.93. The van der Waals surface area contributed by atoms with E-state index in [9.17, 15) is 9.59 Å². The van der Waals surface area contributed by atoms with Crippen molar-refractivity contribution in [3.63, 3.8) is 0 Å². The minimum Gasteiger partial charge on any atom is -0.492 e. The second-order valence-electron chi connectivity index (χ2n) is 4.97. The number of benzene rings is 1. The highest BCUT2D eigenvalue weighted by atomic mass is 35.5. The van der Waals surface area contributed by atoms with Gasteiger partial charge in [-0.1, -0.05) is 11.6 Å². The number of nitrogens with one attached hydrogen (secondary N) is 1. The molecule has 0 atom stereocenters. The monoisotopic (exact) mass is 363 g/mol. The van der Waals surface area contributed by atoms with Crippen LogP contribution in [0.2, 0.25) is 5.02 Å². The molecule has 1 N–H and O–H groups in total. The number of ether oxygens (including phenoxy) is 1. The third-order valence-electron chi connectivity index (χ3n) is 3.27. The van der Waals surface area contributed by atoms with Gasteiger partial charge in [-0.25, -0.2) is 4.98 Å². The van der Waals surface area contributed by atoms with Crippen LogP contribution < -0.4 is 15.6 Å². The van der Waals surface area contributed by atoms with Gasteiger partial charge in [0.1, 0.15) is 23.7 Å². The van der Waals surface area contributed by atoms with E-state index in [0.29, 0.717) is 34.1 Å². The maximum Gasteiger partial charge on any atom is 0.262 e. The molecular weight excluding hydrogens is 350 g/mol. The summed E-state index contributed by atoms with van der Waals surface area (Å²) in [7, 11) is 0. The standard InChI is InChI=1S/C16H14ClN3O3S/c17-11-1-3-12(4-2-11)23-7-6-18-14(21)9-20-10-19-15-13(16(20)22)5-8-24-15/h1-5,8,10H,6-7,9H2,(H,18,21). The predicted octanol–water partition coefficient (Wildman–Crippen LogP) is 2.31. The summed E-state index contributed by atoms with van der Waals surface area (Å²) in [5.74, 6) is 0.408. The highest BCUT2D eigenvalue weighted by Crippen LogP contribution is 2.15. The first kappa shape index (κ1) is 16.5. The van der Waals surface area contributed by atoms with Crippen molar-refractivity contribution in [1.82, 2.24) is 14.9 Å². The lowest BCUT2D eigenvalue weighted by molar-refractivity contribution is -0.121. The van der Waals surface area contributed by atoms with Crippen molar-refractivity contribution in [1.29, 1.82) is 0 Å². The summed E-state index contributed by atoms with van der Waals surface area (Å²) in [5.41, 5.74) is -0.214. The summed E-state index contributed by atoms with van der Waals surface area (Å²) in [6, 6.07) is 8.69. The molecule has 0 aliphatic rings. The fourth-order valence-electron chi connectivity index (χ4n) is 2.11. The van der Waals surface area contributed by atoms with Gasteiger partial charge in [0, 0.05) is 5.02 Å². The minimum atomic E-state index is -0.270. The zero-order valence-electron chi connectivity index (χ0n) is 12.6. The molecule has 0 unspecified atom stereocenters. The molecular formula is C16H14ClN3O3S. The van der Waals surface area contributed by atoms with Crippen LogP contribution in [0.1, 0.15) is 0 Å². The molecule has 24 heavy (non-hydrogen) atoms. The van der Waals surface area contributed by atoms with Crippen molar-refractivity contribution in [2.75, 3.05) is 13.2 Å². The first-order valence-electron chi connectivity index (χ1n) is 7.21. The Kier molecular flexibility index (Phi) is 5.12. The Morgan fingerprint density at radius 1 is 1.29 bits per heavy atom. The van der Waals surface area contributed by atoms with E-state index in [1.807, 2.05) is 0 Å². The lowest BCUT2D eigenvalue weighted by Crippen LogP contribution is -2.34. The number of fused-ring (bicyclic) bond motifs is 1. The van der Waals surface area contributed by atoms with Gasteiger partial charge in [0.15, 0.2) is 0 Å². The van der Waals surface area contributed by atoms with E-state index in [1.165, 1.54) is 22.2 Å². The number of carbonyl (C=O) groups excluding carboxylic acids is 1. The molecule has 1 amide bonds. The van der Waals surface area contributed by atoms with Gasteiger partial charge in [-0.2, -0.15) is 0 Å². The Morgan fingerprint density at radius 3 is 2.88 bits per heavy atom. The van der Waals surface area contributed by atoms with Crippen LogP contribution in [0.5, 0.6) is 5.75 Å². The second-order valence-corrected chi connectivity index (χ2v) is 6.30. The van der Waals surface area contributed by atoms with Gasteiger partial charge in [0.05, 0.1) is 18.3 Å². The maximum atomic E-state index is 12.2. The molecule has 6 nitrogen and oxygen atoms in total. The summed E-state index contributed by atoms with van der Waals surface area (Å²) in [5, 5.41) is 5.68. The van der Waals surface area contributed by atoms with Crippen LogP contribution in [0.15, 0.2) is 46.8 Å². The molecule has 0 spiro atoms. The molecule has 1 aromatic carbocycles. The zero-order valence-corrected chi connectivity index (χ0v) is 14.1. The van der Waals surface area contributed by atoms with E-state index in [-0.39, 0.29) is 18.0 Å². The first-order chi connectivity index (χ1) is 11.6. The number of rotatable bonds is 6. The molecule has 3 rings (SSSR count). The van der Waals surface area contributed by atoms with Crippen molar-refractivity contribution in [3.05, 3.63) is 57.4 Å². The van der Waals surface area contributed by atoms with Crippen LogP contribution in [0, 0.1) is 0 Å². The number of thiophene rings is 1. The smallest absolute Gasteiger partial charge is 0.262 e. The molecule has 8 heteroatoms. The fourth-order valence-corrected chi connectivity index (χ4v) is 2.96. The second kappa shape index (κ2) is 7.46. The number of halogens is 1. The van der Waals surface area contributed by atoms with Gasteiger partial charge in [-0.05, 0) is 35.7 Å². The number of hydrogen-bond acceptors (Lipinski definition) is 5. The molecule has 0 aliphatic carbocycles. The molecule has 3 aromatic rings. The van der Waals surface area contributed by atoms with E-state index < -0.39 is 0 Å². The molecule has 0 saturated carbocycles. The summed E-state index contributed by atoms with van der Waals surface area (Å²) in [4.78, 5) is 28.9. The quantitative estimate of drug-likeness (QED) is 0.682. The SMILES string of the molecule is O=C(Cn1cnc2sccc2c1=O)NCCOc1ccc(Cl)cc1. The highest BCUT2D eigenvalue weighted by Gasteiger charge is 2.08. The van der Waals surface area contributed by atoms with Gasteiger partial charge in [-0.15, -0.1) is 11.3 Å². The molecule has 0 saturated heterocycles. The van der Waals surface area contributed by atoms with E-state index >= 15 is 0 Å². The van der Waals surface area contributed by atoms with E-state index in [1.54, 1.807) is 35.7 Å². The summed E-state index contributed by atoms with van der Waals surface area (Å²) >= 11 is 7.18. The number of amides is 1. The molecule has 124 valence electrons. The van der Waals surface area contributed by atoms with E-state index in [4.69, 9.17) is 16.3 Å². The molecule has 0 radical (unpaired) electrons. The van der Waals surface area contributed by atoms with Crippen molar-refractivity contribution in [3.8, 4) is 5.75 Å². The average molecular weight is 364 g/mol. The molecule has 0 aliphatic heterocycles. The van der Waals surface area contributed by atoms with Crippen molar-refractivity contribution in [2.24, 2.45) is 0 Å². The number of hydrogen-bond donors (Lipinski definition) is 1. The third-order valence-corrected chi connectivity index (χ3v) is 4.34. The maximum absolute atomic E-state index is 12.2. The largest absolute Gasteiger partial charge is 0.492 e. The first-order valence-corrected chi connectivity index (χ1v) is 8.47. The molecule has 0 bridgehead atoms. The van der Waals surface area contributed by atoms with Crippen LogP contribution in [0.4, 0.5) is 0 Å². The Labute approximate surface area is 146 Å². The summed E-state index contributed by atoms with van der Waals surface area (Å²) in [6.07, 6.45) is 1.39. The van der Waals surface area contributed by atoms with Crippen LogP contribution >= 0.6 is 22.9 Å². The Bertz CT molecular complexity index is 905. The van der Waals surface area contributed by atoms with Gasteiger partial charge in [0.2, 0.25) is 5.91 Å². The number of aromatic nitrogens is 2. The van der Waals surface area contributed by atoms with Gasteiger partial charge < -0.3 is 10.1 Å². The topological polar surface area (TPSA) is 73.2 Å². The predicted molar refractivity (Wildman–Crippen MR) is 93.8 cm³/mol. The highest BCUT2D eigenvalue weighted by molar-refractivity contribution is 7.16. The van der Waals surface area contributed by atoms with Crippen molar-refractivity contribution >= 4 is 39.1 Å². The Hall–Kier alpha value is -2.38. The van der Waals surface area contributed by atoms with Crippen molar-refractivity contribution in [2.45, 2.75) is 6.54 Å². The zero-order chi connectivity index (χ0) is 16.9. The lowest BCUT2D eigenvalue weighted by Gasteiger charge is -2.09. The number of carbonyl (C=O) groups is 1. The minimum absolute atomic E-state index is 0.0709. The summed E-state index contributed by atoms with van der Waals surface area (Å²) in [6.45, 7) is 0.590. The van der Waals surface area contributed by atoms with Crippen LogP contribution in [0.25, 0.3) is 10.2 Å². The van der Waals surface area contributed by atoms with Gasteiger partial charge >= 0.3 is 0 Å². The van der Waals surface area contributed by atoms with Gasteiger partial charge in [0.25, 0.3) is 5.56 Å². The number of nitrogens with zero attached hydrogens (tertiary/aromatic N) is 2. The molecule has 0 fully saturated rings.